The van der Waals surface area contributed by atoms with Gasteiger partial charge in [0.2, 0.25) is 0 Å². The van der Waals surface area contributed by atoms with E-state index in [1.807, 2.05) is 0 Å². The Hall–Kier alpha value is -0.0800. The molecule has 0 saturated carbocycles. The highest BCUT2D eigenvalue weighted by atomic mass is 15.2. The van der Waals surface area contributed by atoms with E-state index in [9.17, 15) is 0 Å². The topological polar surface area (TPSA) is 15.3 Å². The molecule has 1 N–H and O–H groups in total. The fourth-order valence-corrected chi connectivity index (χ4v) is 2.62. The first-order chi connectivity index (χ1) is 6.08. The molecule has 0 amide bonds. The van der Waals surface area contributed by atoms with Crippen molar-refractivity contribution in [3.63, 3.8) is 0 Å². The van der Waals surface area contributed by atoms with Crippen molar-refractivity contribution in [2.75, 3.05) is 27.2 Å². The lowest BCUT2D eigenvalue weighted by atomic mass is 9.82. The first-order valence-corrected chi connectivity index (χ1v) is 5.45. The van der Waals surface area contributed by atoms with Crippen LogP contribution in [0, 0.1) is 5.92 Å². The van der Waals surface area contributed by atoms with Crippen molar-refractivity contribution in [1.82, 2.24) is 10.2 Å². The van der Waals surface area contributed by atoms with Gasteiger partial charge < -0.3 is 10.2 Å². The number of rotatable bonds is 3. The molecule has 1 heterocycles. The number of hydrogen-bond acceptors (Lipinski definition) is 2. The molecule has 1 rings (SSSR count). The molecule has 78 valence electrons. The van der Waals surface area contributed by atoms with Crippen molar-refractivity contribution in [3.05, 3.63) is 0 Å². The van der Waals surface area contributed by atoms with Crippen molar-refractivity contribution < 1.29 is 0 Å². The van der Waals surface area contributed by atoms with Gasteiger partial charge in [0.15, 0.2) is 0 Å². The molecule has 1 aliphatic rings. The lowest BCUT2D eigenvalue weighted by molar-refractivity contribution is 0.131. The summed E-state index contributed by atoms with van der Waals surface area (Å²) in [6.07, 6.45) is 3.98. The Bertz CT molecular complexity index is 152. The Morgan fingerprint density at radius 1 is 1.46 bits per heavy atom. The van der Waals surface area contributed by atoms with Gasteiger partial charge >= 0.3 is 0 Å². The zero-order chi connectivity index (χ0) is 9.90. The van der Waals surface area contributed by atoms with Gasteiger partial charge in [0.05, 0.1) is 0 Å². The van der Waals surface area contributed by atoms with Gasteiger partial charge in [-0.25, -0.2) is 0 Å². The Balaban J connectivity index is 2.56. The van der Waals surface area contributed by atoms with Gasteiger partial charge in [0.25, 0.3) is 0 Å². The van der Waals surface area contributed by atoms with Gasteiger partial charge in [-0.3, -0.25) is 0 Å². The van der Waals surface area contributed by atoms with Crippen LogP contribution in [0.5, 0.6) is 0 Å². The zero-order valence-corrected chi connectivity index (χ0v) is 9.56. The van der Waals surface area contributed by atoms with Crippen molar-refractivity contribution in [2.24, 2.45) is 5.92 Å². The number of nitrogens with zero attached hydrogens (tertiary/aromatic N) is 1. The summed E-state index contributed by atoms with van der Waals surface area (Å²) in [7, 11) is 4.34. The van der Waals surface area contributed by atoms with E-state index in [1.165, 1.54) is 32.4 Å². The minimum atomic E-state index is 0.390. The van der Waals surface area contributed by atoms with E-state index in [0.717, 1.165) is 5.92 Å². The van der Waals surface area contributed by atoms with Gasteiger partial charge in [0.1, 0.15) is 0 Å². The van der Waals surface area contributed by atoms with Crippen molar-refractivity contribution in [1.29, 1.82) is 0 Å². The molecule has 2 nitrogen and oxygen atoms in total. The molecule has 1 saturated heterocycles. The summed E-state index contributed by atoms with van der Waals surface area (Å²) in [5, 5.41) is 3.54. The van der Waals surface area contributed by atoms with Gasteiger partial charge in [-0.1, -0.05) is 13.8 Å². The summed E-state index contributed by atoms with van der Waals surface area (Å²) in [6, 6.07) is 0. The molecule has 0 aromatic carbocycles. The Labute approximate surface area is 82.7 Å². The summed E-state index contributed by atoms with van der Waals surface area (Å²) in [5.41, 5.74) is 0.390. The molecule has 1 aliphatic heterocycles. The lowest BCUT2D eigenvalue weighted by Gasteiger charge is -2.42. The van der Waals surface area contributed by atoms with E-state index in [2.05, 4.69) is 38.2 Å². The van der Waals surface area contributed by atoms with Crippen LogP contribution >= 0.6 is 0 Å². The third kappa shape index (κ3) is 2.96. The largest absolute Gasteiger partial charge is 0.313 e. The average Bonchev–Trinajstić information content (AvgIpc) is 2.03. The van der Waals surface area contributed by atoms with Gasteiger partial charge in [-0.15, -0.1) is 0 Å². The predicted octanol–water partition coefficient (Wildman–Crippen LogP) is 1.72. The zero-order valence-electron chi connectivity index (χ0n) is 9.56. The number of hydrogen-bond donors (Lipinski definition) is 1. The molecule has 2 heteroatoms. The van der Waals surface area contributed by atoms with Crippen LogP contribution in [0.25, 0.3) is 0 Å². The normalized spacial score (nSPS) is 31.2. The maximum atomic E-state index is 3.54. The monoisotopic (exact) mass is 184 g/mol. The molecular formula is C11H24N2. The van der Waals surface area contributed by atoms with E-state index in [1.54, 1.807) is 0 Å². The maximum absolute atomic E-state index is 3.54. The van der Waals surface area contributed by atoms with Crippen LogP contribution in [0.2, 0.25) is 0 Å². The number of piperidine rings is 1. The quantitative estimate of drug-likeness (QED) is 0.718. The van der Waals surface area contributed by atoms with Crippen LogP contribution in [0.15, 0.2) is 0 Å². The fraction of sp³-hybridized carbons (Fsp3) is 1.00. The highest BCUT2D eigenvalue weighted by molar-refractivity contribution is 4.93. The highest BCUT2D eigenvalue weighted by Gasteiger charge is 2.32. The fourth-order valence-electron chi connectivity index (χ4n) is 2.62. The van der Waals surface area contributed by atoms with Crippen molar-refractivity contribution in [2.45, 2.75) is 38.6 Å². The van der Waals surface area contributed by atoms with E-state index >= 15 is 0 Å². The molecule has 0 radical (unpaired) electrons. The molecule has 0 bridgehead atoms. The SMILES string of the molecule is CNC1(CC(C)C)CCCN(C)C1. The minimum Gasteiger partial charge on any atom is -0.313 e. The molecule has 0 spiro atoms. The van der Waals surface area contributed by atoms with Gasteiger partial charge in [-0.05, 0) is 45.8 Å². The van der Waals surface area contributed by atoms with E-state index < -0.39 is 0 Å². The molecule has 1 atom stereocenters. The van der Waals surface area contributed by atoms with Gasteiger partial charge in [0, 0.05) is 12.1 Å². The minimum absolute atomic E-state index is 0.390. The smallest absolute Gasteiger partial charge is 0.0308 e. The Morgan fingerprint density at radius 2 is 2.15 bits per heavy atom. The number of likely N-dealkylation sites (tertiary alicyclic amines) is 1. The first-order valence-electron chi connectivity index (χ1n) is 5.45. The molecule has 1 unspecified atom stereocenters. The van der Waals surface area contributed by atoms with Crippen LogP contribution in [0.1, 0.15) is 33.1 Å². The molecule has 0 aliphatic carbocycles. The Morgan fingerprint density at radius 3 is 2.62 bits per heavy atom. The van der Waals surface area contributed by atoms with Gasteiger partial charge in [-0.2, -0.15) is 0 Å². The third-order valence-corrected chi connectivity index (χ3v) is 3.10. The van der Waals surface area contributed by atoms with E-state index in [4.69, 9.17) is 0 Å². The molecule has 13 heavy (non-hydrogen) atoms. The van der Waals surface area contributed by atoms with Crippen molar-refractivity contribution in [3.8, 4) is 0 Å². The summed E-state index contributed by atoms with van der Waals surface area (Å²) < 4.78 is 0. The first kappa shape index (κ1) is 11.0. The summed E-state index contributed by atoms with van der Waals surface area (Å²) in [4.78, 5) is 2.45. The highest BCUT2D eigenvalue weighted by Crippen LogP contribution is 2.26. The second kappa shape index (κ2) is 4.43. The molecule has 0 aromatic heterocycles. The summed E-state index contributed by atoms with van der Waals surface area (Å²) in [5.74, 6) is 0.791. The summed E-state index contributed by atoms with van der Waals surface area (Å²) in [6.45, 7) is 7.10. The maximum Gasteiger partial charge on any atom is 0.0308 e. The lowest BCUT2D eigenvalue weighted by Crippen LogP contribution is -2.55. The standard InChI is InChI=1S/C11H24N2/c1-10(2)8-11(12-3)6-5-7-13(4)9-11/h10,12H,5-9H2,1-4H3. The Kier molecular flexibility index (Phi) is 3.74. The third-order valence-electron chi connectivity index (χ3n) is 3.10. The van der Waals surface area contributed by atoms with Crippen LogP contribution in [0.3, 0.4) is 0 Å². The molecular weight excluding hydrogens is 160 g/mol. The van der Waals surface area contributed by atoms with Crippen LogP contribution in [0.4, 0.5) is 0 Å². The van der Waals surface area contributed by atoms with Crippen molar-refractivity contribution >= 4 is 0 Å². The van der Waals surface area contributed by atoms with E-state index in [0.29, 0.717) is 5.54 Å². The second-order valence-electron chi connectivity index (χ2n) is 4.97. The van der Waals surface area contributed by atoms with Crippen LogP contribution < -0.4 is 5.32 Å². The van der Waals surface area contributed by atoms with E-state index in [-0.39, 0.29) is 0 Å². The van der Waals surface area contributed by atoms with Crippen LogP contribution in [-0.2, 0) is 0 Å². The second-order valence-corrected chi connectivity index (χ2v) is 4.97. The summed E-state index contributed by atoms with van der Waals surface area (Å²) >= 11 is 0. The average molecular weight is 184 g/mol. The van der Waals surface area contributed by atoms with Crippen LogP contribution in [-0.4, -0.2) is 37.6 Å². The number of nitrogens with one attached hydrogen (secondary N) is 1. The molecule has 1 fully saturated rings. The predicted molar refractivity (Wildman–Crippen MR) is 58.0 cm³/mol. The number of likely N-dealkylation sites (N-methyl/N-ethyl adjacent to an activating group) is 2. The molecule has 0 aromatic rings.